The predicted octanol–water partition coefficient (Wildman–Crippen LogP) is -0.0114. The smallest absolute Gasteiger partial charge is 0.204 e. The number of aromatic nitrogens is 3. The molecular formula is C10H16N4O2. The first-order valence-electron chi connectivity index (χ1n) is 5.47. The zero-order chi connectivity index (χ0) is 11.6. The number of rotatable bonds is 4. The molecule has 16 heavy (non-hydrogen) atoms. The lowest BCUT2D eigenvalue weighted by Gasteiger charge is -2.19. The van der Waals surface area contributed by atoms with Gasteiger partial charge in [0.05, 0.1) is 12.8 Å². The van der Waals surface area contributed by atoms with Crippen LogP contribution < -0.4 is 5.73 Å². The van der Waals surface area contributed by atoms with Gasteiger partial charge in [-0.3, -0.25) is 4.79 Å². The molecule has 1 aliphatic heterocycles. The minimum atomic E-state index is -0.896. The minimum absolute atomic E-state index is 0.122. The highest BCUT2D eigenvalue weighted by atomic mass is 16.5. The molecule has 1 aromatic heterocycles. The summed E-state index contributed by atoms with van der Waals surface area (Å²) in [5.74, 6) is -0.122. The van der Waals surface area contributed by atoms with Crippen LogP contribution in [0.5, 0.6) is 0 Å². The number of nitrogens with zero attached hydrogens (tertiary/aromatic N) is 3. The number of hydrogen-bond acceptors (Lipinski definition) is 5. The van der Waals surface area contributed by atoms with Crippen molar-refractivity contribution in [2.45, 2.75) is 31.8 Å². The summed E-state index contributed by atoms with van der Waals surface area (Å²) in [5.41, 5.74) is 5.60. The summed E-state index contributed by atoms with van der Waals surface area (Å²) in [6.45, 7) is 3.52. The van der Waals surface area contributed by atoms with Gasteiger partial charge in [-0.25, -0.2) is 4.68 Å². The summed E-state index contributed by atoms with van der Waals surface area (Å²) in [5, 5.41) is 7.64. The van der Waals surface area contributed by atoms with E-state index in [-0.39, 0.29) is 12.4 Å². The molecular weight excluding hydrogens is 208 g/mol. The van der Waals surface area contributed by atoms with E-state index in [0.29, 0.717) is 25.3 Å². The highest BCUT2D eigenvalue weighted by Gasteiger charge is 2.40. The van der Waals surface area contributed by atoms with Crippen molar-refractivity contribution < 1.29 is 9.53 Å². The molecule has 1 saturated heterocycles. The summed E-state index contributed by atoms with van der Waals surface area (Å²) >= 11 is 0. The van der Waals surface area contributed by atoms with Crippen LogP contribution in [-0.4, -0.2) is 39.5 Å². The maximum atomic E-state index is 12.2. The summed E-state index contributed by atoms with van der Waals surface area (Å²) in [7, 11) is 0. The van der Waals surface area contributed by atoms with Crippen molar-refractivity contribution >= 4 is 5.78 Å². The van der Waals surface area contributed by atoms with Gasteiger partial charge in [-0.1, -0.05) is 12.1 Å². The molecule has 0 radical (unpaired) electrons. The Morgan fingerprint density at radius 2 is 2.56 bits per heavy atom. The Morgan fingerprint density at radius 3 is 3.19 bits per heavy atom. The van der Waals surface area contributed by atoms with E-state index in [1.807, 2.05) is 6.92 Å². The first-order valence-corrected chi connectivity index (χ1v) is 5.47. The Labute approximate surface area is 93.8 Å². The Kier molecular flexibility index (Phi) is 3.02. The Bertz CT molecular complexity index is 382. The highest BCUT2D eigenvalue weighted by molar-refractivity contribution is 6.01. The first-order chi connectivity index (χ1) is 7.67. The summed E-state index contributed by atoms with van der Waals surface area (Å²) < 4.78 is 6.79. The van der Waals surface area contributed by atoms with Crippen LogP contribution in [0.1, 0.15) is 30.3 Å². The second-order valence-electron chi connectivity index (χ2n) is 4.13. The normalized spacial score (nSPS) is 24.9. The Morgan fingerprint density at radius 1 is 1.75 bits per heavy atom. The van der Waals surface area contributed by atoms with Gasteiger partial charge in [0.1, 0.15) is 11.2 Å². The zero-order valence-electron chi connectivity index (χ0n) is 9.35. The molecule has 1 fully saturated rings. The topological polar surface area (TPSA) is 83.0 Å². The van der Waals surface area contributed by atoms with Gasteiger partial charge in [-0.05, 0) is 12.8 Å². The van der Waals surface area contributed by atoms with Gasteiger partial charge in [-0.15, -0.1) is 5.10 Å². The van der Waals surface area contributed by atoms with E-state index in [9.17, 15) is 4.79 Å². The molecule has 0 bridgehead atoms. The average molecular weight is 224 g/mol. The lowest BCUT2D eigenvalue weighted by Crippen LogP contribution is -2.49. The number of carbonyl (C=O) groups is 1. The molecule has 2 heterocycles. The van der Waals surface area contributed by atoms with E-state index in [0.717, 1.165) is 6.42 Å². The minimum Gasteiger partial charge on any atom is -0.379 e. The van der Waals surface area contributed by atoms with Crippen molar-refractivity contribution in [3.8, 4) is 0 Å². The molecule has 6 heteroatoms. The molecule has 2 N–H and O–H groups in total. The third kappa shape index (κ3) is 1.85. The van der Waals surface area contributed by atoms with Crippen LogP contribution in [0.4, 0.5) is 0 Å². The largest absolute Gasteiger partial charge is 0.379 e. The lowest BCUT2D eigenvalue weighted by molar-refractivity contribution is 0.0851. The SMILES string of the molecule is CCCn1nncc1C(=O)C1(N)CCOC1. The van der Waals surface area contributed by atoms with Crippen LogP contribution in [0.2, 0.25) is 0 Å². The highest BCUT2D eigenvalue weighted by Crippen LogP contribution is 2.20. The Hall–Kier alpha value is -1.27. The van der Waals surface area contributed by atoms with Gasteiger partial charge >= 0.3 is 0 Å². The fourth-order valence-corrected chi connectivity index (χ4v) is 1.83. The van der Waals surface area contributed by atoms with Crippen molar-refractivity contribution in [3.63, 3.8) is 0 Å². The monoisotopic (exact) mass is 224 g/mol. The number of ketones is 1. The number of carbonyl (C=O) groups excluding carboxylic acids is 1. The molecule has 0 aliphatic carbocycles. The summed E-state index contributed by atoms with van der Waals surface area (Å²) in [6.07, 6.45) is 2.94. The first kappa shape index (κ1) is 11.2. The molecule has 0 spiro atoms. The van der Waals surface area contributed by atoms with Crippen LogP contribution >= 0.6 is 0 Å². The van der Waals surface area contributed by atoms with Crippen molar-refractivity contribution in [1.29, 1.82) is 0 Å². The molecule has 2 rings (SSSR count). The molecule has 1 aliphatic rings. The van der Waals surface area contributed by atoms with Gasteiger partial charge in [-0.2, -0.15) is 0 Å². The fourth-order valence-electron chi connectivity index (χ4n) is 1.83. The number of ether oxygens (including phenoxy) is 1. The van der Waals surface area contributed by atoms with Gasteiger partial charge in [0.25, 0.3) is 0 Å². The third-order valence-corrected chi connectivity index (χ3v) is 2.79. The van der Waals surface area contributed by atoms with Gasteiger partial charge in [0, 0.05) is 13.2 Å². The molecule has 0 amide bonds. The van der Waals surface area contributed by atoms with Crippen LogP contribution in [0.15, 0.2) is 6.20 Å². The van der Waals surface area contributed by atoms with Crippen molar-refractivity contribution in [3.05, 3.63) is 11.9 Å². The quantitative estimate of drug-likeness (QED) is 0.727. The van der Waals surface area contributed by atoms with Crippen molar-refractivity contribution in [1.82, 2.24) is 15.0 Å². The second-order valence-corrected chi connectivity index (χ2v) is 4.13. The second kappa shape index (κ2) is 4.31. The third-order valence-electron chi connectivity index (χ3n) is 2.79. The van der Waals surface area contributed by atoms with E-state index < -0.39 is 5.54 Å². The molecule has 1 atom stereocenters. The molecule has 6 nitrogen and oxygen atoms in total. The Balaban J connectivity index is 2.23. The van der Waals surface area contributed by atoms with Crippen LogP contribution in [0.3, 0.4) is 0 Å². The van der Waals surface area contributed by atoms with Gasteiger partial charge in [0.2, 0.25) is 5.78 Å². The van der Waals surface area contributed by atoms with E-state index in [1.165, 1.54) is 6.20 Å². The zero-order valence-corrected chi connectivity index (χ0v) is 9.35. The summed E-state index contributed by atoms with van der Waals surface area (Å²) in [6, 6.07) is 0. The van der Waals surface area contributed by atoms with E-state index >= 15 is 0 Å². The molecule has 0 saturated carbocycles. The number of aryl methyl sites for hydroxylation is 1. The molecule has 1 unspecified atom stereocenters. The van der Waals surface area contributed by atoms with Crippen molar-refractivity contribution in [2.75, 3.05) is 13.2 Å². The van der Waals surface area contributed by atoms with E-state index in [4.69, 9.17) is 10.5 Å². The predicted molar refractivity (Wildman–Crippen MR) is 57.0 cm³/mol. The molecule has 1 aromatic rings. The average Bonchev–Trinajstić information content (AvgIpc) is 2.88. The number of nitrogens with two attached hydrogens (primary N) is 1. The van der Waals surface area contributed by atoms with Crippen molar-refractivity contribution in [2.24, 2.45) is 5.73 Å². The van der Waals surface area contributed by atoms with Crippen LogP contribution in [0, 0.1) is 0 Å². The lowest BCUT2D eigenvalue weighted by atomic mass is 9.92. The fraction of sp³-hybridized carbons (Fsp3) is 0.700. The molecule has 0 aromatic carbocycles. The van der Waals surface area contributed by atoms with Crippen LogP contribution in [0.25, 0.3) is 0 Å². The molecule has 88 valence electrons. The maximum Gasteiger partial charge on any atom is 0.204 e. The van der Waals surface area contributed by atoms with Gasteiger partial charge < -0.3 is 10.5 Å². The van der Waals surface area contributed by atoms with E-state index in [1.54, 1.807) is 4.68 Å². The summed E-state index contributed by atoms with van der Waals surface area (Å²) in [4.78, 5) is 12.2. The maximum absolute atomic E-state index is 12.2. The number of hydrogen-bond donors (Lipinski definition) is 1. The number of Topliss-reactive ketones (excluding diaryl/α,β-unsaturated/α-hetero) is 1. The van der Waals surface area contributed by atoms with Gasteiger partial charge in [0.15, 0.2) is 0 Å². The van der Waals surface area contributed by atoms with E-state index in [2.05, 4.69) is 10.3 Å². The van der Waals surface area contributed by atoms with Crippen LogP contribution in [-0.2, 0) is 11.3 Å². The standard InChI is InChI=1S/C10H16N4O2/c1-2-4-14-8(6-12-13-14)9(15)10(11)3-5-16-7-10/h6H,2-5,7,11H2,1H3.